The summed E-state index contributed by atoms with van der Waals surface area (Å²) in [5.41, 5.74) is 1.04. The highest BCUT2D eigenvalue weighted by atomic mass is 32.1. The number of hydrogen-bond donors (Lipinski definition) is 2. The van der Waals surface area contributed by atoms with Crippen molar-refractivity contribution in [1.82, 2.24) is 15.5 Å². The van der Waals surface area contributed by atoms with E-state index in [1.807, 2.05) is 13.8 Å². The summed E-state index contributed by atoms with van der Waals surface area (Å²) in [5.74, 6) is -0.829. The second kappa shape index (κ2) is 10.1. The van der Waals surface area contributed by atoms with Gasteiger partial charge in [0.15, 0.2) is 0 Å². The number of rotatable bonds is 8. The van der Waals surface area contributed by atoms with Gasteiger partial charge in [0.05, 0.1) is 12.7 Å². The third-order valence-electron chi connectivity index (χ3n) is 4.88. The van der Waals surface area contributed by atoms with Crippen LogP contribution in [0.1, 0.15) is 30.6 Å². The first-order valence-corrected chi connectivity index (χ1v) is 10.6. The van der Waals surface area contributed by atoms with Crippen molar-refractivity contribution in [3.63, 3.8) is 0 Å². The van der Waals surface area contributed by atoms with Crippen LogP contribution >= 0.6 is 11.3 Å². The van der Waals surface area contributed by atoms with Crippen molar-refractivity contribution in [3.05, 3.63) is 59.9 Å². The summed E-state index contributed by atoms with van der Waals surface area (Å²) in [5, 5.41) is 14.4. The summed E-state index contributed by atoms with van der Waals surface area (Å²) in [4.78, 5) is 25.8. The number of carbonyl (C=O) groups excluding carboxylic acids is 2. The summed E-state index contributed by atoms with van der Waals surface area (Å²) >= 11 is 1.17. The molecule has 0 saturated heterocycles. The van der Waals surface area contributed by atoms with Crippen LogP contribution in [-0.2, 0) is 4.79 Å². The third kappa shape index (κ3) is 5.43. The van der Waals surface area contributed by atoms with Crippen molar-refractivity contribution in [3.8, 4) is 16.3 Å². The standard InChI is InChI=1S/C22H23FN4O3S/c1-4-13(2)18(24-19(28)16-7-5-6-8-17(16)30-3)20(29)25-22-27-26-21(31-22)14-9-11-15(23)12-10-14/h5-13,18H,4H2,1-3H3,(H,24,28)(H,25,27,29). The highest BCUT2D eigenvalue weighted by Gasteiger charge is 2.28. The predicted molar refractivity (Wildman–Crippen MR) is 118 cm³/mol. The molecule has 31 heavy (non-hydrogen) atoms. The summed E-state index contributed by atoms with van der Waals surface area (Å²) in [6.45, 7) is 3.83. The van der Waals surface area contributed by atoms with Crippen LogP contribution in [-0.4, -0.2) is 35.2 Å². The molecule has 0 aliphatic heterocycles. The largest absolute Gasteiger partial charge is 0.496 e. The van der Waals surface area contributed by atoms with Crippen LogP contribution in [0.3, 0.4) is 0 Å². The van der Waals surface area contributed by atoms with Crippen LogP contribution in [0, 0.1) is 11.7 Å². The van der Waals surface area contributed by atoms with Gasteiger partial charge in [0.1, 0.15) is 22.6 Å². The molecule has 2 amide bonds. The zero-order valence-electron chi connectivity index (χ0n) is 17.4. The normalized spacial score (nSPS) is 12.6. The zero-order valence-corrected chi connectivity index (χ0v) is 18.2. The van der Waals surface area contributed by atoms with Gasteiger partial charge in [0.25, 0.3) is 5.91 Å². The van der Waals surface area contributed by atoms with Gasteiger partial charge in [-0.1, -0.05) is 43.7 Å². The predicted octanol–water partition coefficient (Wildman–Crippen LogP) is 4.14. The van der Waals surface area contributed by atoms with E-state index in [-0.39, 0.29) is 17.6 Å². The fourth-order valence-corrected chi connectivity index (χ4v) is 3.67. The van der Waals surface area contributed by atoms with E-state index in [9.17, 15) is 14.0 Å². The minimum atomic E-state index is -0.777. The summed E-state index contributed by atoms with van der Waals surface area (Å²) in [6.07, 6.45) is 0.682. The minimum absolute atomic E-state index is 0.122. The van der Waals surface area contributed by atoms with E-state index in [0.29, 0.717) is 33.4 Å². The van der Waals surface area contributed by atoms with Crippen molar-refractivity contribution in [2.75, 3.05) is 12.4 Å². The molecule has 2 aromatic carbocycles. The van der Waals surface area contributed by atoms with E-state index >= 15 is 0 Å². The van der Waals surface area contributed by atoms with Gasteiger partial charge < -0.3 is 10.1 Å². The van der Waals surface area contributed by atoms with Crippen molar-refractivity contribution in [1.29, 1.82) is 0 Å². The van der Waals surface area contributed by atoms with Crippen LogP contribution in [0.5, 0.6) is 5.75 Å². The van der Waals surface area contributed by atoms with E-state index in [0.717, 1.165) is 0 Å². The highest BCUT2D eigenvalue weighted by molar-refractivity contribution is 7.18. The summed E-state index contributed by atoms with van der Waals surface area (Å²) < 4.78 is 18.4. The van der Waals surface area contributed by atoms with E-state index in [2.05, 4.69) is 20.8 Å². The van der Waals surface area contributed by atoms with Crippen LogP contribution in [0.2, 0.25) is 0 Å². The average molecular weight is 443 g/mol. The van der Waals surface area contributed by atoms with Crippen LogP contribution in [0.25, 0.3) is 10.6 Å². The molecule has 2 unspecified atom stereocenters. The number of amides is 2. The second-order valence-electron chi connectivity index (χ2n) is 6.95. The number of para-hydroxylation sites is 1. The number of hydrogen-bond acceptors (Lipinski definition) is 6. The molecule has 162 valence electrons. The molecule has 1 heterocycles. The number of benzene rings is 2. The zero-order chi connectivity index (χ0) is 22.4. The first-order chi connectivity index (χ1) is 14.9. The van der Waals surface area contributed by atoms with Gasteiger partial charge in [-0.2, -0.15) is 0 Å². The van der Waals surface area contributed by atoms with Crippen LogP contribution < -0.4 is 15.4 Å². The Kier molecular flexibility index (Phi) is 7.30. The van der Waals surface area contributed by atoms with Gasteiger partial charge >= 0.3 is 0 Å². The fourth-order valence-electron chi connectivity index (χ4n) is 2.92. The number of nitrogens with zero attached hydrogens (tertiary/aromatic N) is 2. The van der Waals surface area contributed by atoms with Crippen molar-refractivity contribution < 1.29 is 18.7 Å². The van der Waals surface area contributed by atoms with E-state index in [1.54, 1.807) is 36.4 Å². The van der Waals surface area contributed by atoms with Crippen LogP contribution in [0.15, 0.2) is 48.5 Å². The van der Waals surface area contributed by atoms with Gasteiger partial charge in [0, 0.05) is 5.56 Å². The molecule has 0 aliphatic rings. The molecular weight excluding hydrogens is 419 g/mol. The molecule has 0 bridgehead atoms. The van der Waals surface area contributed by atoms with Gasteiger partial charge in [0.2, 0.25) is 11.0 Å². The molecule has 3 rings (SSSR count). The maximum atomic E-state index is 13.1. The highest BCUT2D eigenvalue weighted by Crippen LogP contribution is 2.27. The van der Waals surface area contributed by atoms with E-state index in [1.165, 1.54) is 30.6 Å². The molecule has 1 aromatic heterocycles. The molecule has 9 heteroatoms. The Morgan fingerprint density at radius 3 is 2.52 bits per heavy atom. The Morgan fingerprint density at radius 2 is 1.84 bits per heavy atom. The fraction of sp³-hybridized carbons (Fsp3) is 0.273. The lowest BCUT2D eigenvalue weighted by Gasteiger charge is -2.23. The van der Waals surface area contributed by atoms with Gasteiger partial charge in [-0.25, -0.2) is 4.39 Å². The molecule has 2 atom stereocenters. The lowest BCUT2D eigenvalue weighted by atomic mass is 9.98. The number of aromatic nitrogens is 2. The third-order valence-corrected chi connectivity index (χ3v) is 5.77. The number of carbonyl (C=O) groups is 2. The Hall–Kier alpha value is -3.33. The maximum Gasteiger partial charge on any atom is 0.255 e. The molecule has 0 aliphatic carbocycles. The summed E-state index contributed by atoms with van der Waals surface area (Å²) in [7, 11) is 1.49. The quantitative estimate of drug-likeness (QED) is 0.547. The SMILES string of the molecule is CCC(C)C(NC(=O)c1ccccc1OC)C(=O)Nc1nnc(-c2ccc(F)cc2)s1. The monoisotopic (exact) mass is 442 g/mol. The number of halogens is 1. The number of methoxy groups -OCH3 is 1. The lowest BCUT2D eigenvalue weighted by Crippen LogP contribution is -2.47. The molecule has 0 saturated carbocycles. The Balaban J connectivity index is 1.74. The molecule has 7 nitrogen and oxygen atoms in total. The molecule has 0 fully saturated rings. The molecular formula is C22H23FN4O3S. The number of nitrogens with one attached hydrogen (secondary N) is 2. The van der Waals surface area contributed by atoms with Crippen molar-refractivity contribution >= 4 is 28.3 Å². The topological polar surface area (TPSA) is 93.2 Å². The van der Waals surface area contributed by atoms with Crippen molar-refractivity contribution in [2.24, 2.45) is 5.92 Å². The molecule has 3 aromatic rings. The lowest BCUT2D eigenvalue weighted by molar-refractivity contribution is -0.119. The molecule has 2 N–H and O–H groups in total. The summed E-state index contributed by atoms with van der Waals surface area (Å²) in [6, 6.07) is 11.9. The first kappa shape index (κ1) is 22.4. The van der Waals surface area contributed by atoms with E-state index < -0.39 is 11.9 Å². The maximum absolute atomic E-state index is 13.1. The molecule has 0 radical (unpaired) electrons. The Labute approximate surface area is 183 Å². The Morgan fingerprint density at radius 1 is 1.13 bits per heavy atom. The second-order valence-corrected chi connectivity index (χ2v) is 7.92. The number of anilines is 1. The average Bonchev–Trinajstić information content (AvgIpc) is 3.25. The minimum Gasteiger partial charge on any atom is -0.496 e. The Bertz CT molecular complexity index is 1050. The van der Waals surface area contributed by atoms with Gasteiger partial charge in [-0.3, -0.25) is 14.9 Å². The molecule has 0 spiro atoms. The first-order valence-electron chi connectivity index (χ1n) is 9.77. The van der Waals surface area contributed by atoms with Gasteiger partial charge in [-0.05, 0) is 42.3 Å². The van der Waals surface area contributed by atoms with Gasteiger partial charge in [-0.15, -0.1) is 10.2 Å². The van der Waals surface area contributed by atoms with Crippen LogP contribution in [0.4, 0.5) is 9.52 Å². The number of ether oxygens (including phenoxy) is 1. The smallest absolute Gasteiger partial charge is 0.255 e. The van der Waals surface area contributed by atoms with Crippen molar-refractivity contribution in [2.45, 2.75) is 26.3 Å². The van der Waals surface area contributed by atoms with E-state index in [4.69, 9.17) is 4.74 Å².